The molecule has 2 fully saturated rings. The topological polar surface area (TPSA) is 43.9 Å². The molecule has 2 amide bonds. The number of hydrogen-bond acceptors (Lipinski definition) is 3. The fraction of sp³-hybridized carbons (Fsp3) is 0.524. The number of carbonyl (C=O) groups is 2. The molecule has 7 heteroatoms. The molecule has 2 aliphatic heterocycles. The molecule has 0 bridgehead atoms. The highest BCUT2D eigenvalue weighted by molar-refractivity contribution is 6.42. The van der Waals surface area contributed by atoms with E-state index in [-0.39, 0.29) is 18.4 Å². The van der Waals surface area contributed by atoms with Crippen molar-refractivity contribution < 1.29 is 9.59 Å². The van der Waals surface area contributed by atoms with Gasteiger partial charge < -0.3 is 14.7 Å². The highest BCUT2D eigenvalue weighted by Gasteiger charge is 2.25. The van der Waals surface area contributed by atoms with Gasteiger partial charge in [-0.1, -0.05) is 35.7 Å². The monoisotopic (exact) mass is 423 g/mol. The van der Waals surface area contributed by atoms with Crippen LogP contribution in [0, 0.1) is 0 Å². The van der Waals surface area contributed by atoms with Crippen molar-refractivity contribution in [1.29, 1.82) is 0 Å². The zero-order chi connectivity index (χ0) is 19.9. The first kappa shape index (κ1) is 21.2. The molecule has 0 aliphatic carbocycles. The molecule has 0 saturated carbocycles. The molecular weight excluding hydrogens is 397 g/mol. The Morgan fingerprint density at radius 3 is 2.50 bits per heavy atom. The van der Waals surface area contributed by atoms with Crippen molar-refractivity contribution in [3.8, 4) is 0 Å². The Labute approximate surface area is 176 Å². The van der Waals surface area contributed by atoms with Crippen molar-refractivity contribution in [2.75, 3.05) is 45.8 Å². The maximum Gasteiger partial charge on any atom is 0.247 e. The Kier molecular flexibility index (Phi) is 7.77. The van der Waals surface area contributed by atoms with Gasteiger partial charge in [-0.25, -0.2) is 0 Å². The summed E-state index contributed by atoms with van der Waals surface area (Å²) in [5.74, 6) is -0.131. The fourth-order valence-electron chi connectivity index (χ4n) is 3.69. The second-order valence-corrected chi connectivity index (χ2v) is 8.22. The van der Waals surface area contributed by atoms with Crippen LogP contribution in [0.25, 0.3) is 6.08 Å². The lowest BCUT2D eigenvalue weighted by atomic mass is 10.1. The second-order valence-electron chi connectivity index (χ2n) is 7.40. The van der Waals surface area contributed by atoms with E-state index in [9.17, 15) is 9.59 Å². The molecule has 152 valence electrons. The standard InChI is InChI=1S/C21H27Cl2N3O2/c22-18-7-5-17(15-19(18)23)6-8-20(27)26-14-13-25(21(28)16-26)12-4-11-24-9-2-1-3-10-24/h5-8,15H,1-4,9-14,16H2/b8-6+. The number of benzene rings is 1. The van der Waals surface area contributed by atoms with Crippen LogP contribution in [0.1, 0.15) is 31.2 Å². The van der Waals surface area contributed by atoms with Crippen molar-refractivity contribution in [2.45, 2.75) is 25.7 Å². The SMILES string of the molecule is O=C(/C=C/c1ccc(Cl)c(Cl)c1)N1CCN(CCCN2CCCCC2)C(=O)C1. The number of piperidine rings is 1. The van der Waals surface area contributed by atoms with Crippen LogP contribution < -0.4 is 0 Å². The summed E-state index contributed by atoms with van der Waals surface area (Å²) in [5, 5.41) is 0.928. The molecule has 0 aromatic heterocycles. The molecule has 0 atom stereocenters. The van der Waals surface area contributed by atoms with Crippen LogP contribution in [0.5, 0.6) is 0 Å². The van der Waals surface area contributed by atoms with Crippen LogP contribution in [-0.4, -0.2) is 72.3 Å². The zero-order valence-electron chi connectivity index (χ0n) is 16.1. The van der Waals surface area contributed by atoms with E-state index in [4.69, 9.17) is 23.2 Å². The fourth-order valence-corrected chi connectivity index (χ4v) is 4.00. The minimum Gasteiger partial charge on any atom is -0.339 e. The van der Waals surface area contributed by atoms with Gasteiger partial charge in [-0.15, -0.1) is 0 Å². The molecule has 1 aromatic rings. The predicted octanol–water partition coefficient (Wildman–Crippen LogP) is 3.55. The van der Waals surface area contributed by atoms with E-state index in [1.54, 1.807) is 29.2 Å². The third kappa shape index (κ3) is 5.97. The van der Waals surface area contributed by atoms with Crippen LogP contribution in [0.4, 0.5) is 0 Å². The summed E-state index contributed by atoms with van der Waals surface area (Å²) in [4.78, 5) is 30.8. The molecule has 0 spiro atoms. The van der Waals surface area contributed by atoms with Crippen LogP contribution >= 0.6 is 23.2 Å². The number of rotatable bonds is 6. The Bertz CT molecular complexity index is 732. The second kappa shape index (κ2) is 10.3. The molecule has 0 unspecified atom stereocenters. The van der Waals surface area contributed by atoms with E-state index in [1.807, 2.05) is 4.90 Å². The van der Waals surface area contributed by atoms with E-state index < -0.39 is 0 Å². The number of nitrogens with zero attached hydrogens (tertiary/aromatic N) is 3. The summed E-state index contributed by atoms with van der Waals surface area (Å²) < 4.78 is 0. The van der Waals surface area contributed by atoms with E-state index >= 15 is 0 Å². The summed E-state index contributed by atoms with van der Waals surface area (Å²) in [6.07, 6.45) is 8.09. The molecule has 2 aliphatic rings. The van der Waals surface area contributed by atoms with Crippen LogP contribution in [0.3, 0.4) is 0 Å². The molecule has 28 heavy (non-hydrogen) atoms. The van der Waals surface area contributed by atoms with Gasteiger partial charge in [0.2, 0.25) is 11.8 Å². The van der Waals surface area contributed by atoms with E-state index in [0.29, 0.717) is 23.1 Å². The quantitative estimate of drug-likeness (QED) is 0.656. The van der Waals surface area contributed by atoms with Gasteiger partial charge in [0, 0.05) is 25.7 Å². The Hall–Kier alpha value is -1.56. The van der Waals surface area contributed by atoms with Gasteiger partial charge in [0.15, 0.2) is 0 Å². The number of likely N-dealkylation sites (tertiary alicyclic amines) is 1. The average Bonchev–Trinajstić information content (AvgIpc) is 2.70. The molecule has 3 rings (SSSR count). The van der Waals surface area contributed by atoms with E-state index in [2.05, 4.69) is 4.90 Å². The van der Waals surface area contributed by atoms with Crippen molar-refractivity contribution >= 4 is 41.1 Å². The van der Waals surface area contributed by atoms with Gasteiger partial charge in [0.05, 0.1) is 10.0 Å². The van der Waals surface area contributed by atoms with Crippen molar-refractivity contribution in [3.63, 3.8) is 0 Å². The van der Waals surface area contributed by atoms with E-state index in [1.165, 1.54) is 38.4 Å². The van der Waals surface area contributed by atoms with Gasteiger partial charge in [-0.2, -0.15) is 0 Å². The van der Waals surface area contributed by atoms with E-state index in [0.717, 1.165) is 25.1 Å². The lowest BCUT2D eigenvalue weighted by molar-refractivity contribution is -0.142. The third-order valence-corrected chi connectivity index (χ3v) is 6.08. The largest absolute Gasteiger partial charge is 0.339 e. The number of carbonyl (C=O) groups excluding carboxylic acids is 2. The highest BCUT2D eigenvalue weighted by atomic mass is 35.5. The highest BCUT2D eigenvalue weighted by Crippen LogP contribution is 2.23. The molecule has 5 nitrogen and oxygen atoms in total. The summed E-state index contributed by atoms with van der Waals surface area (Å²) in [5.41, 5.74) is 0.797. The number of halogens is 2. The van der Waals surface area contributed by atoms with Gasteiger partial charge >= 0.3 is 0 Å². The van der Waals surface area contributed by atoms with Crippen LogP contribution in [0.2, 0.25) is 10.0 Å². The number of amides is 2. The average molecular weight is 424 g/mol. The maximum atomic E-state index is 12.4. The first-order chi connectivity index (χ1) is 13.5. The first-order valence-electron chi connectivity index (χ1n) is 9.95. The number of hydrogen-bond donors (Lipinski definition) is 0. The summed E-state index contributed by atoms with van der Waals surface area (Å²) in [6, 6.07) is 5.20. The Morgan fingerprint density at radius 2 is 1.79 bits per heavy atom. The van der Waals surface area contributed by atoms with Crippen molar-refractivity contribution in [2.24, 2.45) is 0 Å². The predicted molar refractivity (Wildman–Crippen MR) is 114 cm³/mol. The zero-order valence-corrected chi connectivity index (χ0v) is 17.6. The molecule has 1 aromatic carbocycles. The van der Waals surface area contributed by atoms with Gasteiger partial charge in [-0.3, -0.25) is 9.59 Å². The van der Waals surface area contributed by atoms with Crippen molar-refractivity contribution in [3.05, 3.63) is 39.9 Å². The normalized spacial score (nSPS) is 18.9. The summed E-state index contributed by atoms with van der Waals surface area (Å²) in [6.45, 7) is 5.51. The lowest BCUT2D eigenvalue weighted by Gasteiger charge is -2.34. The van der Waals surface area contributed by atoms with Crippen LogP contribution in [0.15, 0.2) is 24.3 Å². The third-order valence-electron chi connectivity index (χ3n) is 5.34. The molecule has 2 saturated heterocycles. The minimum atomic E-state index is -0.160. The Balaban J connectivity index is 1.43. The summed E-state index contributed by atoms with van der Waals surface area (Å²) >= 11 is 11.9. The maximum absolute atomic E-state index is 12.4. The summed E-state index contributed by atoms with van der Waals surface area (Å²) in [7, 11) is 0. The first-order valence-corrected chi connectivity index (χ1v) is 10.7. The van der Waals surface area contributed by atoms with Crippen molar-refractivity contribution in [1.82, 2.24) is 14.7 Å². The van der Waals surface area contributed by atoms with Gasteiger partial charge in [0.1, 0.15) is 6.54 Å². The van der Waals surface area contributed by atoms with Gasteiger partial charge in [-0.05, 0) is 62.7 Å². The molecule has 0 radical (unpaired) electrons. The molecular formula is C21H27Cl2N3O2. The number of piperazine rings is 1. The Morgan fingerprint density at radius 1 is 1.00 bits per heavy atom. The van der Waals surface area contributed by atoms with Gasteiger partial charge in [0.25, 0.3) is 0 Å². The molecule has 0 N–H and O–H groups in total. The minimum absolute atomic E-state index is 0.0289. The smallest absolute Gasteiger partial charge is 0.247 e. The van der Waals surface area contributed by atoms with Crippen LogP contribution in [-0.2, 0) is 9.59 Å². The lowest BCUT2D eigenvalue weighted by Crippen LogP contribution is -2.52. The molecule has 2 heterocycles.